The molecule has 2 aromatic rings. The highest BCUT2D eigenvalue weighted by molar-refractivity contribution is 7.89. The van der Waals surface area contributed by atoms with Gasteiger partial charge in [0, 0.05) is 38.2 Å². The Labute approximate surface area is 217 Å². The smallest absolute Gasteiger partial charge is 0.321 e. The van der Waals surface area contributed by atoms with Gasteiger partial charge in [0.25, 0.3) is 0 Å². The topological polar surface area (TPSA) is 108 Å². The Morgan fingerprint density at radius 1 is 1.35 bits per heavy atom. The number of carbonyl (C=O) groups is 1. The summed E-state index contributed by atoms with van der Waals surface area (Å²) in [5.41, 5.74) is 0.579. The van der Waals surface area contributed by atoms with E-state index in [0.717, 1.165) is 0 Å². The molecular formula is C26H32FN3O6S. The molecule has 2 N–H and O–H groups in total. The number of ether oxygens (including phenoxy) is 2. The number of nitrogens with zero attached hydrogens (tertiary/aromatic N) is 2. The van der Waals surface area contributed by atoms with Gasteiger partial charge in [0.1, 0.15) is 29.2 Å². The zero-order valence-electron chi connectivity index (χ0n) is 21.3. The molecular weight excluding hydrogens is 501 g/mol. The fraction of sp³-hybridized carbons (Fsp3) is 0.423. The van der Waals surface area contributed by atoms with E-state index < -0.39 is 34.0 Å². The third-order valence-corrected chi connectivity index (χ3v) is 8.05. The van der Waals surface area contributed by atoms with Crippen LogP contribution in [0.2, 0.25) is 0 Å². The maximum Gasteiger partial charge on any atom is 0.321 e. The summed E-state index contributed by atoms with van der Waals surface area (Å²) in [6.07, 6.45) is -0.624. The first-order chi connectivity index (χ1) is 17.6. The molecule has 0 fully saturated rings. The average molecular weight is 534 g/mol. The van der Waals surface area contributed by atoms with E-state index in [-0.39, 0.29) is 48.6 Å². The van der Waals surface area contributed by atoms with Crippen LogP contribution in [-0.2, 0) is 14.8 Å². The number of fused-ring (bicyclic) bond motifs is 1. The number of amides is 2. The number of hydrogen-bond acceptors (Lipinski definition) is 6. The minimum absolute atomic E-state index is 0.0460. The Balaban J connectivity index is 1.95. The van der Waals surface area contributed by atoms with Crippen LogP contribution in [0.4, 0.5) is 14.9 Å². The van der Waals surface area contributed by atoms with Crippen LogP contribution in [0.5, 0.6) is 5.75 Å². The number of likely N-dealkylation sites (N-methyl/N-ethyl adjacent to an activating group) is 1. The summed E-state index contributed by atoms with van der Waals surface area (Å²) in [6.45, 7) is 3.43. The Bertz CT molecular complexity index is 1280. The molecule has 0 saturated heterocycles. The van der Waals surface area contributed by atoms with E-state index in [4.69, 9.17) is 9.47 Å². The first-order valence-corrected chi connectivity index (χ1v) is 13.2. The molecule has 1 aliphatic rings. The maximum absolute atomic E-state index is 14.0. The Kier molecular flexibility index (Phi) is 9.50. The van der Waals surface area contributed by atoms with Crippen LogP contribution in [0.15, 0.2) is 47.4 Å². The fourth-order valence-corrected chi connectivity index (χ4v) is 5.68. The van der Waals surface area contributed by atoms with Crippen molar-refractivity contribution in [2.75, 3.05) is 45.8 Å². The average Bonchev–Trinajstić information content (AvgIpc) is 2.87. The molecule has 1 heterocycles. The molecule has 1 aliphatic heterocycles. The third-order valence-electron chi connectivity index (χ3n) is 6.03. The predicted molar refractivity (Wildman–Crippen MR) is 137 cm³/mol. The largest absolute Gasteiger partial charge is 0.487 e. The van der Waals surface area contributed by atoms with Crippen molar-refractivity contribution in [3.8, 4) is 17.6 Å². The summed E-state index contributed by atoms with van der Waals surface area (Å²) in [7, 11) is -0.936. The van der Waals surface area contributed by atoms with E-state index in [1.54, 1.807) is 32.2 Å². The van der Waals surface area contributed by atoms with Crippen molar-refractivity contribution < 1.29 is 32.2 Å². The lowest BCUT2D eigenvalue weighted by molar-refractivity contribution is 0.0830. The number of benzene rings is 2. The van der Waals surface area contributed by atoms with Crippen molar-refractivity contribution in [3.63, 3.8) is 0 Å². The van der Waals surface area contributed by atoms with Crippen LogP contribution in [0.1, 0.15) is 19.4 Å². The highest BCUT2D eigenvalue weighted by Crippen LogP contribution is 2.34. The monoisotopic (exact) mass is 533 g/mol. The van der Waals surface area contributed by atoms with Crippen LogP contribution in [-0.4, -0.2) is 81.4 Å². The first-order valence-electron chi connectivity index (χ1n) is 11.8. The third kappa shape index (κ3) is 6.78. The number of para-hydroxylation sites is 1. The lowest BCUT2D eigenvalue weighted by atomic mass is 10.0. The normalized spacial score (nSPS) is 19.7. The molecule has 11 heteroatoms. The summed E-state index contributed by atoms with van der Waals surface area (Å²) < 4.78 is 53.5. The summed E-state index contributed by atoms with van der Waals surface area (Å²) in [5, 5.41) is 12.3. The highest BCUT2D eigenvalue weighted by Gasteiger charge is 2.38. The van der Waals surface area contributed by atoms with Crippen LogP contribution < -0.4 is 10.1 Å². The molecule has 0 aliphatic carbocycles. The molecule has 2 aromatic carbocycles. The first kappa shape index (κ1) is 28.4. The van der Waals surface area contributed by atoms with E-state index >= 15 is 0 Å². The second kappa shape index (κ2) is 12.4. The van der Waals surface area contributed by atoms with Gasteiger partial charge >= 0.3 is 6.03 Å². The van der Waals surface area contributed by atoms with E-state index in [1.165, 1.54) is 40.6 Å². The molecule has 200 valence electrons. The van der Waals surface area contributed by atoms with Gasteiger partial charge in [-0.3, -0.25) is 0 Å². The lowest BCUT2D eigenvalue weighted by Gasteiger charge is -2.37. The van der Waals surface area contributed by atoms with Gasteiger partial charge in [-0.2, -0.15) is 4.31 Å². The quantitative estimate of drug-likeness (QED) is 0.553. The standard InChI is InChI=1S/C26H32FN3O6S/c1-18-15-30(19(2)17-31)37(33,34)25-12-11-20(8-7-13-35-4)14-23(25)36-24(18)16-29(3)26(32)28-22-10-6-5-9-21(22)27/h5-6,9-12,14,18-19,24,31H,13,15-17H2,1-4H3,(H,28,32)/t18-,19-,24-/m1/s1. The highest BCUT2D eigenvalue weighted by atomic mass is 32.2. The summed E-state index contributed by atoms with van der Waals surface area (Å²) >= 11 is 0. The van der Waals surface area contributed by atoms with Crippen LogP contribution in [0, 0.1) is 23.6 Å². The molecule has 9 nitrogen and oxygen atoms in total. The SMILES string of the molecule is COCC#Cc1ccc2c(c1)O[C@H](CN(C)C(=O)Nc1ccccc1F)[C@H](C)CN([C@H](C)CO)S2(=O)=O. The van der Waals surface area contributed by atoms with Gasteiger partial charge in [-0.15, -0.1) is 0 Å². The maximum atomic E-state index is 14.0. The van der Waals surface area contributed by atoms with Gasteiger partial charge in [0.05, 0.1) is 18.8 Å². The molecule has 0 unspecified atom stereocenters. The van der Waals surface area contributed by atoms with Gasteiger partial charge in [-0.05, 0) is 37.3 Å². The van der Waals surface area contributed by atoms with Crippen molar-refractivity contribution in [1.82, 2.24) is 9.21 Å². The number of nitrogens with one attached hydrogen (secondary N) is 1. The zero-order chi connectivity index (χ0) is 27.2. The number of aliphatic hydroxyl groups excluding tert-OH is 1. The van der Waals surface area contributed by atoms with Crippen LogP contribution in [0.3, 0.4) is 0 Å². The number of urea groups is 1. The van der Waals surface area contributed by atoms with Gasteiger partial charge in [-0.1, -0.05) is 30.9 Å². The Morgan fingerprint density at radius 3 is 2.76 bits per heavy atom. The molecule has 0 saturated carbocycles. The van der Waals surface area contributed by atoms with E-state index in [1.807, 2.05) is 6.92 Å². The fourth-order valence-electron chi connectivity index (χ4n) is 3.86. The van der Waals surface area contributed by atoms with E-state index in [0.29, 0.717) is 5.56 Å². The van der Waals surface area contributed by atoms with Crippen molar-refractivity contribution in [1.29, 1.82) is 0 Å². The number of rotatable bonds is 6. The molecule has 3 atom stereocenters. The van der Waals surface area contributed by atoms with Gasteiger partial charge in [-0.25, -0.2) is 17.6 Å². The van der Waals surface area contributed by atoms with Gasteiger partial charge < -0.3 is 24.8 Å². The molecule has 0 radical (unpaired) electrons. The van der Waals surface area contributed by atoms with Crippen LogP contribution >= 0.6 is 0 Å². The van der Waals surface area contributed by atoms with Crippen molar-refractivity contribution >= 4 is 21.7 Å². The molecule has 0 aromatic heterocycles. The number of hydrogen-bond donors (Lipinski definition) is 2. The number of methoxy groups -OCH3 is 1. The lowest BCUT2D eigenvalue weighted by Crippen LogP contribution is -2.50. The number of anilines is 1. The van der Waals surface area contributed by atoms with Crippen molar-refractivity contribution in [2.24, 2.45) is 5.92 Å². The minimum atomic E-state index is -4.00. The number of halogens is 1. The number of sulfonamides is 1. The second-order valence-electron chi connectivity index (χ2n) is 8.93. The van der Waals surface area contributed by atoms with E-state index in [2.05, 4.69) is 17.2 Å². The summed E-state index contributed by atoms with van der Waals surface area (Å²) in [5.74, 6) is 4.90. The van der Waals surface area contributed by atoms with Crippen LogP contribution in [0.25, 0.3) is 0 Å². The summed E-state index contributed by atoms with van der Waals surface area (Å²) in [6, 6.07) is 9.17. The molecule has 37 heavy (non-hydrogen) atoms. The Morgan fingerprint density at radius 2 is 2.08 bits per heavy atom. The number of aliphatic hydroxyl groups is 1. The summed E-state index contributed by atoms with van der Waals surface area (Å²) in [4.78, 5) is 14.1. The minimum Gasteiger partial charge on any atom is -0.487 e. The molecule has 0 spiro atoms. The van der Waals surface area contributed by atoms with Crippen molar-refractivity contribution in [3.05, 3.63) is 53.8 Å². The Hall–Kier alpha value is -3.17. The van der Waals surface area contributed by atoms with Gasteiger partial charge in [0.15, 0.2) is 0 Å². The molecule has 3 rings (SSSR count). The molecule has 0 bridgehead atoms. The zero-order valence-corrected chi connectivity index (χ0v) is 22.1. The molecule has 2 amide bonds. The van der Waals surface area contributed by atoms with Crippen molar-refractivity contribution in [2.45, 2.75) is 30.9 Å². The predicted octanol–water partition coefficient (Wildman–Crippen LogP) is 2.76. The van der Waals surface area contributed by atoms with Gasteiger partial charge in [0.2, 0.25) is 10.0 Å². The van der Waals surface area contributed by atoms with E-state index in [9.17, 15) is 22.7 Å². The number of carbonyl (C=O) groups excluding carboxylic acids is 1. The second-order valence-corrected chi connectivity index (χ2v) is 10.8.